The summed E-state index contributed by atoms with van der Waals surface area (Å²) in [6.45, 7) is 2.40. The van der Waals surface area contributed by atoms with Crippen LogP contribution in [-0.4, -0.2) is 23.7 Å². The Kier molecular flexibility index (Phi) is 5.98. The van der Waals surface area contributed by atoms with Crippen LogP contribution in [-0.2, 0) is 12.8 Å². The van der Waals surface area contributed by atoms with Crippen molar-refractivity contribution in [1.82, 2.24) is 0 Å². The smallest absolute Gasteiger partial charge is 0.193 e. The number of aliphatic hydroxyl groups is 1. The fourth-order valence-corrected chi connectivity index (χ4v) is 2.17. The van der Waals surface area contributed by atoms with Gasteiger partial charge in [-0.2, -0.15) is 0 Å². The van der Waals surface area contributed by atoms with E-state index < -0.39 is 6.10 Å². The molecule has 2 aromatic carbocycles. The molecule has 0 heterocycles. The molecule has 0 aliphatic carbocycles. The van der Waals surface area contributed by atoms with E-state index in [0.717, 1.165) is 17.7 Å². The van der Waals surface area contributed by atoms with E-state index in [9.17, 15) is 5.11 Å². The van der Waals surface area contributed by atoms with Gasteiger partial charge in [0.05, 0.1) is 12.6 Å². The molecule has 116 valence electrons. The second kappa shape index (κ2) is 8.20. The number of rotatable bonds is 6. The molecular weight excluding hydrogens is 274 g/mol. The number of guanidine groups is 1. The highest BCUT2D eigenvalue weighted by molar-refractivity contribution is 5.92. The van der Waals surface area contributed by atoms with Crippen molar-refractivity contribution in [2.45, 2.75) is 25.9 Å². The first-order valence-corrected chi connectivity index (χ1v) is 7.55. The van der Waals surface area contributed by atoms with Crippen molar-refractivity contribution in [1.29, 1.82) is 0 Å². The molecule has 4 heteroatoms. The van der Waals surface area contributed by atoms with Gasteiger partial charge in [0.1, 0.15) is 0 Å². The lowest BCUT2D eigenvalue weighted by molar-refractivity contribution is 0.184. The molecule has 22 heavy (non-hydrogen) atoms. The molecule has 1 atom stereocenters. The van der Waals surface area contributed by atoms with Crippen molar-refractivity contribution in [3.8, 4) is 0 Å². The maximum atomic E-state index is 10.00. The largest absolute Gasteiger partial charge is 0.391 e. The van der Waals surface area contributed by atoms with Gasteiger partial charge in [0, 0.05) is 12.1 Å². The van der Waals surface area contributed by atoms with Gasteiger partial charge in [-0.25, -0.2) is 0 Å². The van der Waals surface area contributed by atoms with Crippen LogP contribution in [0.3, 0.4) is 0 Å². The number of aryl methyl sites for hydroxylation is 1. The quantitative estimate of drug-likeness (QED) is 0.567. The molecule has 0 radical (unpaired) electrons. The number of hydrogen-bond acceptors (Lipinski definition) is 2. The number of nitrogens with zero attached hydrogens (tertiary/aromatic N) is 1. The first-order chi connectivity index (χ1) is 10.7. The van der Waals surface area contributed by atoms with Gasteiger partial charge in [-0.1, -0.05) is 49.4 Å². The van der Waals surface area contributed by atoms with Gasteiger partial charge in [0.25, 0.3) is 0 Å². The summed E-state index contributed by atoms with van der Waals surface area (Å²) in [6.07, 6.45) is 1.04. The van der Waals surface area contributed by atoms with E-state index in [0.29, 0.717) is 12.4 Å². The molecule has 0 saturated carbocycles. The van der Waals surface area contributed by atoms with Crippen LogP contribution in [0.25, 0.3) is 0 Å². The third kappa shape index (κ3) is 5.22. The lowest BCUT2D eigenvalue weighted by Gasteiger charge is -2.10. The average Bonchev–Trinajstić information content (AvgIpc) is 2.55. The molecular formula is C18H23N3O. The van der Waals surface area contributed by atoms with E-state index in [1.165, 1.54) is 5.56 Å². The van der Waals surface area contributed by atoms with Crippen molar-refractivity contribution in [3.05, 3.63) is 65.7 Å². The highest BCUT2D eigenvalue weighted by atomic mass is 16.3. The second-order valence-corrected chi connectivity index (χ2v) is 5.24. The number of hydrogen-bond donors (Lipinski definition) is 3. The van der Waals surface area contributed by atoms with Crippen molar-refractivity contribution < 1.29 is 5.11 Å². The minimum absolute atomic E-state index is 0.279. The highest BCUT2D eigenvalue weighted by Gasteiger charge is 2.05. The van der Waals surface area contributed by atoms with Crippen LogP contribution in [0.4, 0.5) is 5.69 Å². The Morgan fingerprint density at radius 1 is 1.09 bits per heavy atom. The molecule has 0 bridgehead atoms. The summed E-state index contributed by atoms with van der Waals surface area (Å²) in [7, 11) is 0. The van der Waals surface area contributed by atoms with Crippen molar-refractivity contribution in [2.75, 3.05) is 11.9 Å². The van der Waals surface area contributed by atoms with Gasteiger partial charge >= 0.3 is 0 Å². The fourth-order valence-electron chi connectivity index (χ4n) is 2.17. The number of nitrogens with one attached hydrogen (secondary N) is 1. The number of aliphatic hydroxyl groups excluding tert-OH is 1. The van der Waals surface area contributed by atoms with Gasteiger partial charge in [-0.15, -0.1) is 0 Å². The van der Waals surface area contributed by atoms with Gasteiger partial charge in [0.15, 0.2) is 5.96 Å². The topological polar surface area (TPSA) is 70.6 Å². The molecule has 4 N–H and O–H groups in total. The van der Waals surface area contributed by atoms with Crippen LogP contribution in [0.15, 0.2) is 59.6 Å². The Hall–Kier alpha value is -2.33. The normalized spacial score (nSPS) is 12.9. The Morgan fingerprint density at radius 3 is 2.41 bits per heavy atom. The van der Waals surface area contributed by atoms with E-state index in [1.54, 1.807) is 0 Å². The van der Waals surface area contributed by atoms with Crippen LogP contribution in [0, 0.1) is 0 Å². The van der Waals surface area contributed by atoms with Crippen LogP contribution in [0.5, 0.6) is 0 Å². The average molecular weight is 297 g/mol. The Bertz CT molecular complexity index is 593. The van der Waals surface area contributed by atoms with E-state index in [-0.39, 0.29) is 6.54 Å². The van der Waals surface area contributed by atoms with Crippen molar-refractivity contribution in [2.24, 2.45) is 10.7 Å². The number of aliphatic imine (C=N–C) groups is 1. The zero-order chi connectivity index (χ0) is 15.8. The maximum absolute atomic E-state index is 10.00. The summed E-state index contributed by atoms with van der Waals surface area (Å²) in [4.78, 5) is 4.19. The Balaban J connectivity index is 1.83. The minimum atomic E-state index is -0.537. The summed E-state index contributed by atoms with van der Waals surface area (Å²) in [6, 6.07) is 17.9. The van der Waals surface area contributed by atoms with Gasteiger partial charge in [-0.3, -0.25) is 4.99 Å². The van der Waals surface area contributed by atoms with Gasteiger partial charge in [0.2, 0.25) is 0 Å². The van der Waals surface area contributed by atoms with Crippen LogP contribution < -0.4 is 11.1 Å². The van der Waals surface area contributed by atoms with E-state index in [4.69, 9.17) is 5.73 Å². The molecule has 0 fully saturated rings. The maximum Gasteiger partial charge on any atom is 0.193 e. The van der Waals surface area contributed by atoms with Crippen LogP contribution in [0.2, 0.25) is 0 Å². The highest BCUT2D eigenvalue weighted by Crippen LogP contribution is 2.09. The van der Waals surface area contributed by atoms with E-state index >= 15 is 0 Å². The zero-order valence-electron chi connectivity index (χ0n) is 12.9. The Morgan fingerprint density at radius 2 is 1.77 bits per heavy atom. The molecule has 0 amide bonds. The lowest BCUT2D eigenvalue weighted by Crippen LogP contribution is -2.25. The fraction of sp³-hybridized carbons (Fsp3) is 0.278. The predicted molar refractivity (Wildman–Crippen MR) is 92.1 cm³/mol. The standard InChI is InChI=1S/C18H23N3O/c1-2-14-8-10-16(11-9-14)21-18(19)20-13-17(22)12-15-6-4-3-5-7-15/h3-11,17,22H,2,12-13H2,1H3,(H3,19,20,21). The minimum Gasteiger partial charge on any atom is -0.391 e. The lowest BCUT2D eigenvalue weighted by atomic mass is 10.1. The third-order valence-electron chi connectivity index (χ3n) is 3.42. The number of benzene rings is 2. The SMILES string of the molecule is CCc1ccc(NC(N)=NCC(O)Cc2ccccc2)cc1. The summed E-state index contributed by atoms with van der Waals surface area (Å²) < 4.78 is 0. The molecule has 4 nitrogen and oxygen atoms in total. The molecule has 0 aromatic heterocycles. The van der Waals surface area contributed by atoms with Crippen LogP contribution in [0.1, 0.15) is 18.1 Å². The summed E-state index contributed by atoms with van der Waals surface area (Å²) in [5.74, 6) is 0.316. The molecule has 1 unspecified atom stereocenters. The van der Waals surface area contributed by atoms with E-state index in [2.05, 4.69) is 29.4 Å². The molecule has 2 rings (SSSR count). The van der Waals surface area contributed by atoms with Crippen molar-refractivity contribution >= 4 is 11.6 Å². The summed E-state index contributed by atoms with van der Waals surface area (Å²) >= 11 is 0. The molecule has 2 aromatic rings. The zero-order valence-corrected chi connectivity index (χ0v) is 12.9. The van der Waals surface area contributed by atoms with Gasteiger partial charge < -0.3 is 16.2 Å². The van der Waals surface area contributed by atoms with Crippen LogP contribution >= 0.6 is 0 Å². The molecule has 0 spiro atoms. The first kappa shape index (κ1) is 16.0. The monoisotopic (exact) mass is 297 g/mol. The van der Waals surface area contributed by atoms with Crippen molar-refractivity contribution in [3.63, 3.8) is 0 Å². The molecule has 0 aliphatic rings. The second-order valence-electron chi connectivity index (χ2n) is 5.24. The summed E-state index contributed by atoms with van der Waals surface area (Å²) in [5.41, 5.74) is 9.11. The summed E-state index contributed by atoms with van der Waals surface area (Å²) in [5, 5.41) is 13.0. The first-order valence-electron chi connectivity index (χ1n) is 7.55. The number of anilines is 1. The van der Waals surface area contributed by atoms with E-state index in [1.807, 2.05) is 42.5 Å². The van der Waals surface area contributed by atoms with Gasteiger partial charge in [-0.05, 0) is 29.7 Å². The Labute approximate surface area is 131 Å². The molecule has 0 aliphatic heterocycles. The molecule has 0 saturated heterocycles. The third-order valence-corrected chi connectivity index (χ3v) is 3.42. The number of nitrogens with two attached hydrogens (primary N) is 1. The predicted octanol–water partition coefficient (Wildman–Crippen LogP) is 2.58.